The fraction of sp³-hybridized carbons (Fsp3) is 0.200. The zero-order valence-electron chi connectivity index (χ0n) is 11.9. The van der Waals surface area contributed by atoms with Crippen molar-refractivity contribution in [3.05, 3.63) is 52.0 Å². The number of hydrogen-bond acceptors (Lipinski definition) is 4. The Morgan fingerprint density at radius 2 is 2.14 bits per heavy atom. The normalized spacial score (nSPS) is 12.0. The minimum Gasteiger partial charge on any atom is -0.291 e. The Morgan fingerprint density at radius 1 is 1.41 bits per heavy atom. The van der Waals surface area contributed by atoms with Gasteiger partial charge in [0.2, 0.25) is 0 Å². The number of nitrogens with zero attached hydrogens (tertiary/aromatic N) is 4. The van der Waals surface area contributed by atoms with Crippen LogP contribution in [-0.4, -0.2) is 20.5 Å². The van der Waals surface area contributed by atoms with Gasteiger partial charge in [0.15, 0.2) is 5.78 Å². The molecule has 0 aliphatic rings. The highest BCUT2D eigenvalue weighted by atomic mass is 35.5. The van der Waals surface area contributed by atoms with E-state index in [9.17, 15) is 10.1 Å². The van der Waals surface area contributed by atoms with Crippen molar-refractivity contribution in [2.45, 2.75) is 19.4 Å². The van der Waals surface area contributed by atoms with E-state index in [1.807, 2.05) is 6.07 Å². The summed E-state index contributed by atoms with van der Waals surface area (Å²) in [6.07, 6.45) is 4.21. The maximum absolute atomic E-state index is 12.6. The summed E-state index contributed by atoms with van der Waals surface area (Å²) in [6, 6.07) is 6.76. The van der Waals surface area contributed by atoms with Crippen LogP contribution in [0.15, 0.2) is 36.4 Å². The quantitative estimate of drug-likeness (QED) is 0.633. The Labute approximate surface area is 137 Å². The highest BCUT2D eigenvalue weighted by molar-refractivity contribution is 6.35. The molecule has 2 aromatic rings. The van der Waals surface area contributed by atoms with Gasteiger partial charge in [-0.15, -0.1) is 0 Å². The summed E-state index contributed by atoms with van der Waals surface area (Å²) in [5.41, 5.74) is -0.508. The summed E-state index contributed by atoms with van der Waals surface area (Å²) < 4.78 is 1.41. The van der Waals surface area contributed by atoms with E-state index in [-0.39, 0.29) is 11.4 Å². The standard InChI is InChI=1S/C15H12Cl2N4O/c1-15(2,21-9-19-8-20-21)14(22)11(7-18)5-10-3-4-12(16)6-13(10)17/h3-6,8-9H,1-2H3. The number of Topliss-reactive ketones (excluding diaryl/α,β-unsaturated/α-hetero) is 1. The Hall–Kier alpha value is -2.16. The van der Waals surface area contributed by atoms with Crippen LogP contribution in [0.25, 0.3) is 6.08 Å². The first-order valence-corrected chi connectivity index (χ1v) is 7.08. The lowest BCUT2D eigenvalue weighted by atomic mass is 9.92. The molecule has 0 amide bonds. The first-order chi connectivity index (χ1) is 10.4. The first-order valence-electron chi connectivity index (χ1n) is 6.33. The monoisotopic (exact) mass is 334 g/mol. The third-order valence-electron chi connectivity index (χ3n) is 3.17. The third-order valence-corrected chi connectivity index (χ3v) is 3.74. The topological polar surface area (TPSA) is 71.6 Å². The number of aromatic nitrogens is 3. The zero-order valence-corrected chi connectivity index (χ0v) is 13.4. The second kappa shape index (κ2) is 6.30. The number of carbonyl (C=O) groups is 1. The van der Waals surface area contributed by atoms with Gasteiger partial charge in [0, 0.05) is 10.0 Å². The summed E-state index contributed by atoms with van der Waals surface area (Å²) in [7, 11) is 0. The van der Waals surface area contributed by atoms with Gasteiger partial charge in [0.05, 0.1) is 5.57 Å². The van der Waals surface area contributed by atoms with Crippen molar-refractivity contribution in [2.75, 3.05) is 0 Å². The Kier molecular flexibility index (Phi) is 4.65. The van der Waals surface area contributed by atoms with E-state index in [0.717, 1.165) is 0 Å². The number of benzene rings is 1. The predicted octanol–water partition coefficient (Wildman–Crippen LogP) is 3.50. The molecule has 2 rings (SSSR count). The number of ketones is 1. The minimum absolute atomic E-state index is 0.0234. The molecule has 0 saturated heterocycles. The van der Waals surface area contributed by atoms with Gasteiger partial charge in [-0.3, -0.25) is 4.79 Å². The van der Waals surface area contributed by atoms with Crippen LogP contribution in [0.5, 0.6) is 0 Å². The van der Waals surface area contributed by atoms with E-state index in [2.05, 4.69) is 10.1 Å². The van der Waals surface area contributed by atoms with E-state index < -0.39 is 5.54 Å². The van der Waals surface area contributed by atoms with Gasteiger partial charge in [-0.05, 0) is 37.6 Å². The second-order valence-electron chi connectivity index (χ2n) is 5.06. The second-order valence-corrected chi connectivity index (χ2v) is 5.91. The lowest BCUT2D eigenvalue weighted by molar-refractivity contribution is -0.122. The Balaban J connectivity index is 2.42. The lowest BCUT2D eigenvalue weighted by Crippen LogP contribution is -2.37. The summed E-state index contributed by atoms with van der Waals surface area (Å²) >= 11 is 11.9. The van der Waals surface area contributed by atoms with Crippen molar-refractivity contribution in [3.63, 3.8) is 0 Å². The van der Waals surface area contributed by atoms with Gasteiger partial charge in [0.25, 0.3) is 0 Å². The molecular weight excluding hydrogens is 323 g/mol. The van der Waals surface area contributed by atoms with Crippen molar-refractivity contribution >= 4 is 35.1 Å². The van der Waals surface area contributed by atoms with Crippen molar-refractivity contribution in [3.8, 4) is 6.07 Å². The smallest absolute Gasteiger partial charge is 0.200 e. The number of carbonyl (C=O) groups excluding carboxylic acids is 1. The average Bonchev–Trinajstić information content (AvgIpc) is 3.01. The third kappa shape index (κ3) is 3.19. The molecule has 0 atom stereocenters. The molecule has 0 radical (unpaired) electrons. The van der Waals surface area contributed by atoms with Gasteiger partial charge < -0.3 is 0 Å². The van der Waals surface area contributed by atoms with Crippen molar-refractivity contribution < 1.29 is 4.79 Å². The van der Waals surface area contributed by atoms with Crippen LogP contribution in [0.4, 0.5) is 0 Å². The summed E-state index contributed by atoms with van der Waals surface area (Å²) in [6.45, 7) is 3.33. The van der Waals surface area contributed by atoms with Crippen molar-refractivity contribution in [2.24, 2.45) is 0 Å². The number of nitriles is 1. The molecule has 22 heavy (non-hydrogen) atoms. The molecule has 0 bridgehead atoms. The van der Waals surface area contributed by atoms with Crippen LogP contribution >= 0.6 is 23.2 Å². The summed E-state index contributed by atoms with van der Waals surface area (Å²) in [5, 5.41) is 14.1. The number of hydrogen-bond donors (Lipinski definition) is 0. The maximum Gasteiger partial charge on any atom is 0.200 e. The van der Waals surface area contributed by atoms with E-state index in [0.29, 0.717) is 15.6 Å². The van der Waals surface area contributed by atoms with E-state index in [4.69, 9.17) is 23.2 Å². The molecule has 0 fully saturated rings. The van der Waals surface area contributed by atoms with E-state index in [1.165, 1.54) is 23.4 Å². The number of halogens is 2. The van der Waals surface area contributed by atoms with Gasteiger partial charge in [0.1, 0.15) is 24.3 Å². The van der Waals surface area contributed by atoms with Crippen LogP contribution in [0.2, 0.25) is 10.0 Å². The van der Waals surface area contributed by atoms with Gasteiger partial charge in [-0.25, -0.2) is 9.67 Å². The molecule has 0 unspecified atom stereocenters. The SMILES string of the molecule is CC(C)(C(=O)C(C#N)=Cc1ccc(Cl)cc1Cl)n1cncn1. The molecule has 0 aliphatic heterocycles. The van der Waals surface area contributed by atoms with Crippen LogP contribution < -0.4 is 0 Å². The van der Waals surface area contributed by atoms with Gasteiger partial charge in [-0.1, -0.05) is 29.3 Å². The maximum atomic E-state index is 12.6. The summed E-state index contributed by atoms with van der Waals surface area (Å²) in [5.74, 6) is -0.383. The van der Waals surface area contributed by atoms with Crippen LogP contribution in [-0.2, 0) is 10.3 Å². The molecule has 1 aromatic heterocycles. The van der Waals surface area contributed by atoms with E-state index in [1.54, 1.807) is 32.0 Å². The zero-order chi connectivity index (χ0) is 16.3. The molecule has 0 aliphatic carbocycles. The summed E-state index contributed by atoms with van der Waals surface area (Å²) in [4.78, 5) is 16.5. The average molecular weight is 335 g/mol. The van der Waals surface area contributed by atoms with Crippen LogP contribution in [0.1, 0.15) is 19.4 Å². The highest BCUT2D eigenvalue weighted by Crippen LogP contribution is 2.25. The largest absolute Gasteiger partial charge is 0.291 e. The van der Waals surface area contributed by atoms with Gasteiger partial charge >= 0.3 is 0 Å². The first kappa shape index (κ1) is 16.2. The van der Waals surface area contributed by atoms with Crippen molar-refractivity contribution in [1.29, 1.82) is 5.26 Å². The Morgan fingerprint density at radius 3 is 2.68 bits per heavy atom. The predicted molar refractivity (Wildman–Crippen MR) is 84.4 cm³/mol. The number of allylic oxidation sites excluding steroid dienone is 1. The molecular formula is C15H12Cl2N4O. The fourth-order valence-electron chi connectivity index (χ4n) is 1.85. The lowest BCUT2D eigenvalue weighted by Gasteiger charge is -2.22. The molecule has 0 N–H and O–H groups in total. The van der Waals surface area contributed by atoms with Crippen LogP contribution in [0, 0.1) is 11.3 Å². The number of rotatable bonds is 4. The van der Waals surface area contributed by atoms with Crippen molar-refractivity contribution in [1.82, 2.24) is 14.8 Å². The van der Waals surface area contributed by atoms with Gasteiger partial charge in [-0.2, -0.15) is 10.4 Å². The van der Waals surface area contributed by atoms with E-state index >= 15 is 0 Å². The molecule has 112 valence electrons. The molecule has 5 nitrogen and oxygen atoms in total. The highest BCUT2D eigenvalue weighted by Gasteiger charge is 2.33. The van der Waals surface area contributed by atoms with Crippen LogP contribution in [0.3, 0.4) is 0 Å². The Bertz CT molecular complexity index is 773. The molecule has 0 saturated carbocycles. The molecule has 7 heteroatoms. The molecule has 1 aromatic carbocycles. The minimum atomic E-state index is -1.03. The molecule has 0 spiro atoms. The molecule has 1 heterocycles. The fourth-order valence-corrected chi connectivity index (χ4v) is 2.32.